The van der Waals surface area contributed by atoms with Gasteiger partial charge < -0.3 is 15.0 Å². The first kappa shape index (κ1) is 26.0. The maximum atomic E-state index is 12.7. The zero-order chi connectivity index (χ0) is 26.7. The van der Waals surface area contributed by atoms with Crippen molar-refractivity contribution < 1.29 is 18.3 Å². The second kappa shape index (κ2) is 11.0. The van der Waals surface area contributed by atoms with Crippen LogP contribution in [0.15, 0.2) is 66.0 Å². The summed E-state index contributed by atoms with van der Waals surface area (Å²) in [5.41, 5.74) is 2.37. The second-order valence-corrected chi connectivity index (χ2v) is 10.2. The fourth-order valence-corrected chi connectivity index (χ4v) is 5.45. The quantitative estimate of drug-likeness (QED) is 0.298. The SMILES string of the molecule is N#Cc1cn(CCO)c2ncc(-c3ccc(SN4CCC(Nc5ccc(C(F)(F)F)cn5)CC4)cc3)cc12. The summed E-state index contributed by atoms with van der Waals surface area (Å²) in [4.78, 5) is 9.56. The van der Waals surface area contributed by atoms with Crippen molar-refractivity contribution in [2.24, 2.45) is 0 Å². The minimum absolute atomic E-state index is 0.0260. The molecule has 1 aliphatic rings. The summed E-state index contributed by atoms with van der Waals surface area (Å²) >= 11 is 1.68. The Morgan fingerprint density at radius 1 is 1.05 bits per heavy atom. The highest BCUT2D eigenvalue weighted by molar-refractivity contribution is 7.97. The molecule has 7 nitrogen and oxygen atoms in total. The van der Waals surface area contributed by atoms with Gasteiger partial charge in [0.25, 0.3) is 0 Å². The molecule has 0 aliphatic carbocycles. The first-order valence-electron chi connectivity index (χ1n) is 12.2. The third kappa shape index (κ3) is 5.78. The molecule has 1 aromatic carbocycles. The van der Waals surface area contributed by atoms with Crippen molar-refractivity contribution in [2.45, 2.75) is 36.5 Å². The van der Waals surface area contributed by atoms with E-state index in [4.69, 9.17) is 0 Å². The first-order valence-corrected chi connectivity index (χ1v) is 12.9. The number of pyridine rings is 2. The predicted octanol–water partition coefficient (Wildman–Crippen LogP) is 5.56. The molecular weight excluding hydrogens is 513 g/mol. The highest BCUT2D eigenvalue weighted by atomic mass is 32.2. The number of nitrogens with one attached hydrogen (secondary N) is 1. The van der Waals surface area contributed by atoms with Gasteiger partial charge in [-0.25, -0.2) is 14.3 Å². The third-order valence-electron chi connectivity index (χ3n) is 6.49. The van der Waals surface area contributed by atoms with Gasteiger partial charge in [-0.1, -0.05) is 12.1 Å². The van der Waals surface area contributed by atoms with Crippen molar-refractivity contribution in [1.29, 1.82) is 5.26 Å². The lowest BCUT2D eigenvalue weighted by atomic mass is 10.1. The van der Waals surface area contributed by atoms with E-state index in [1.165, 1.54) is 6.07 Å². The lowest BCUT2D eigenvalue weighted by Gasteiger charge is -2.31. The van der Waals surface area contributed by atoms with E-state index < -0.39 is 11.7 Å². The van der Waals surface area contributed by atoms with E-state index in [0.29, 0.717) is 23.6 Å². The molecule has 0 bridgehead atoms. The third-order valence-corrected chi connectivity index (χ3v) is 7.60. The molecule has 3 aromatic heterocycles. The fourth-order valence-electron chi connectivity index (χ4n) is 4.50. The maximum Gasteiger partial charge on any atom is 0.417 e. The van der Waals surface area contributed by atoms with Gasteiger partial charge in [0, 0.05) is 60.1 Å². The number of halogens is 3. The van der Waals surface area contributed by atoms with E-state index in [9.17, 15) is 23.5 Å². The number of rotatable bonds is 7. The van der Waals surface area contributed by atoms with Crippen molar-refractivity contribution >= 4 is 28.8 Å². The van der Waals surface area contributed by atoms with Crippen LogP contribution < -0.4 is 5.32 Å². The molecule has 1 aliphatic heterocycles. The van der Waals surface area contributed by atoms with Crippen LogP contribution in [0.2, 0.25) is 0 Å². The molecule has 0 atom stereocenters. The molecule has 0 radical (unpaired) electrons. The summed E-state index contributed by atoms with van der Waals surface area (Å²) in [6.07, 6.45) is 1.69. The first-order chi connectivity index (χ1) is 18.3. The Balaban J connectivity index is 1.17. The molecule has 1 fully saturated rings. The zero-order valence-electron chi connectivity index (χ0n) is 20.3. The number of aromatic nitrogens is 3. The monoisotopic (exact) mass is 538 g/mol. The molecule has 4 heterocycles. The van der Waals surface area contributed by atoms with Gasteiger partial charge in [-0.15, -0.1) is 0 Å². The lowest BCUT2D eigenvalue weighted by Crippen LogP contribution is -2.35. The normalized spacial score (nSPS) is 15.0. The summed E-state index contributed by atoms with van der Waals surface area (Å²) in [7, 11) is 0. The van der Waals surface area contributed by atoms with E-state index in [1.54, 1.807) is 28.9 Å². The Labute approximate surface area is 222 Å². The Morgan fingerprint density at radius 3 is 2.45 bits per heavy atom. The second-order valence-electron chi connectivity index (χ2n) is 9.06. The van der Waals surface area contributed by atoms with Gasteiger partial charge in [0.05, 0.1) is 17.7 Å². The number of nitriles is 1. The summed E-state index contributed by atoms with van der Waals surface area (Å²) in [6.45, 7) is 2.04. The number of aliphatic hydroxyl groups is 1. The molecule has 11 heteroatoms. The molecule has 0 amide bonds. The number of hydrogen-bond donors (Lipinski definition) is 2. The summed E-state index contributed by atoms with van der Waals surface area (Å²) < 4.78 is 42.3. The number of benzene rings is 1. The summed E-state index contributed by atoms with van der Waals surface area (Å²) in [5, 5.41) is 22.8. The van der Waals surface area contributed by atoms with Gasteiger partial charge in [0.15, 0.2) is 0 Å². The van der Waals surface area contributed by atoms with Gasteiger partial charge >= 0.3 is 6.18 Å². The van der Waals surface area contributed by atoms with E-state index in [-0.39, 0.29) is 12.6 Å². The Morgan fingerprint density at radius 2 is 1.82 bits per heavy atom. The average Bonchev–Trinajstić information content (AvgIpc) is 3.27. The van der Waals surface area contributed by atoms with Crippen LogP contribution in [-0.4, -0.2) is 49.7 Å². The van der Waals surface area contributed by atoms with Gasteiger partial charge in [-0.05, 0) is 60.7 Å². The number of piperidine rings is 1. The van der Waals surface area contributed by atoms with E-state index in [2.05, 4.69) is 37.8 Å². The standard InChI is InChI=1S/C27H25F3N6OS/c28-27(29,30)21-3-6-25(32-16-21)34-22-7-9-36(10-8-22)38-23-4-1-18(2-5-23)19-13-24-20(14-31)17-35(11-12-37)26(24)33-15-19/h1-6,13,15-17,22,37H,7-12H2,(H,32,34). The number of nitrogens with zero attached hydrogens (tertiary/aromatic N) is 5. The molecule has 5 rings (SSSR count). The van der Waals surface area contributed by atoms with Crippen LogP contribution in [-0.2, 0) is 12.7 Å². The van der Waals surface area contributed by atoms with E-state index in [1.807, 2.05) is 18.2 Å². The zero-order valence-corrected chi connectivity index (χ0v) is 21.1. The van der Waals surface area contributed by atoms with E-state index in [0.717, 1.165) is 59.6 Å². The average molecular weight is 539 g/mol. The number of aliphatic hydroxyl groups excluding tert-OH is 1. The van der Waals surface area contributed by atoms with Crippen LogP contribution in [0.3, 0.4) is 0 Å². The molecule has 2 N–H and O–H groups in total. The Bertz CT molecular complexity index is 1440. The summed E-state index contributed by atoms with van der Waals surface area (Å²) in [5.74, 6) is 0.458. The summed E-state index contributed by atoms with van der Waals surface area (Å²) in [6, 6.07) is 14.9. The number of fused-ring (bicyclic) bond motifs is 1. The van der Waals surface area contributed by atoms with Crippen molar-refractivity contribution in [2.75, 3.05) is 25.0 Å². The number of alkyl halides is 3. The minimum Gasteiger partial charge on any atom is -0.395 e. The lowest BCUT2D eigenvalue weighted by molar-refractivity contribution is -0.137. The van der Waals surface area contributed by atoms with Crippen molar-refractivity contribution in [1.82, 2.24) is 18.8 Å². The van der Waals surface area contributed by atoms with Crippen molar-refractivity contribution in [3.63, 3.8) is 0 Å². The molecule has 4 aromatic rings. The molecule has 1 saturated heterocycles. The Hall–Kier alpha value is -3.59. The molecule has 0 saturated carbocycles. The Kier molecular flexibility index (Phi) is 7.56. The molecular formula is C27H25F3N6OS. The van der Waals surface area contributed by atoms with Gasteiger partial charge in [-0.3, -0.25) is 0 Å². The highest BCUT2D eigenvalue weighted by Crippen LogP contribution is 2.32. The van der Waals surface area contributed by atoms with Crippen LogP contribution in [0.1, 0.15) is 24.0 Å². The fraction of sp³-hybridized carbons (Fsp3) is 0.296. The van der Waals surface area contributed by atoms with Crippen molar-refractivity contribution in [3.8, 4) is 17.2 Å². The van der Waals surface area contributed by atoms with Crippen LogP contribution >= 0.6 is 11.9 Å². The topological polar surface area (TPSA) is 90.0 Å². The van der Waals surface area contributed by atoms with Crippen LogP contribution in [0.5, 0.6) is 0 Å². The van der Waals surface area contributed by atoms with Gasteiger partial charge in [-0.2, -0.15) is 18.4 Å². The van der Waals surface area contributed by atoms with Crippen LogP contribution in [0.4, 0.5) is 19.0 Å². The number of anilines is 1. The van der Waals surface area contributed by atoms with Crippen molar-refractivity contribution in [3.05, 3.63) is 72.2 Å². The molecule has 196 valence electrons. The van der Waals surface area contributed by atoms with Gasteiger partial charge in [0.1, 0.15) is 17.5 Å². The van der Waals surface area contributed by atoms with Crippen LogP contribution in [0, 0.1) is 11.3 Å². The molecule has 0 unspecified atom stereocenters. The van der Waals surface area contributed by atoms with Crippen LogP contribution in [0.25, 0.3) is 22.2 Å². The maximum absolute atomic E-state index is 12.7. The predicted molar refractivity (Wildman–Crippen MR) is 140 cm³/mol. The van der Waals surface area contributed by atoms with Gasteiger partial charge in [0.2, 0.25) is 0 Å². The van der Waals surface area contributed by atoms with E-state index >= 15 is 0 Å². The molecule has 38 heavy (non-hydrogen) atoms. The minimum atomic E-state index is -4.38. The largest absolute Gasteiger partial charge is 0.417 e. The number of hydrogen-bond acceptors (Lipinski definition) is 7. The highest BCUT2D eigenvalue weighted by Gasteiger charge is 2.30. The smallest absolute Gasteiger partial charge is 0.395 e. The molecule has 0 spiro atoms.